The molecule has 0 aromatic heterocycles. The van der Waals surface area contributed by atoms with Gasteiger partial charge in [0.2, 0.25) is 5.91 Å². The first-order chi connectivity index (χ1) is 14.9. The molecule has 3 rings (SSSR count). The van der Waals surface area contributed by atoms with Gasteiger partial charge in [-0.3, -0.25) is 9.59 Å². The number of aryl methyl sites for hydroxylation is 1. The molecule has 1 saturated carbocycles. The molecule has 166 valence electrons. The van der Waals surface area contributed by atoms with Gasteiger partial charge < -0.3 is 15.0 Å². The van der Waals surface area contributed by atoms with Gasteiger partial charge in [-0.2, -0.15) is 0 Å². The monoisotopic (exact) mass is 442 g/mol. The number of carbonyl (C=O) groups excluding carboxylic acids is 2. The summed E-state index contributed by atoms with van der Waals surface area (Å²) in [5.74, 6) is 0.169. The van der Waals surface area contributed by atoms with Crippen LogP contribution in [-0.2, 0) is 16.1 Å². The predicted molar refractivity (Wildman–Crippen MR) is 123 cm³/mol. The van der Waals surface area contributed by atoms with E-state index in [1.54, 1.807) is 36.1 Å². The minimum Gasteiger partial charge on any atom is -0.484 e. The van der Waals surface area contributed by atoms with Crippen molar-refractivity contribution in [1.29, 1.82) is 0 Å². The van der Waals surface area contributed by atoms with Crippen LogP contribution >= 0.6 is 11.6 Å². The quantitative estimate of drug-likeness (QED) is 0.633. The minimum absolute atomic E-state index is 0.114. The molecule has 1 aliphatic rings. The first kappa shape index (κ1) is 23.1. The Hall–Kier alpha value is -2.53. The molecule has 5 nitrogen and oxygen atoms in total. The summed E-state index contributed by atoms with van der Waals surface area (Å²) in [6, 6.07) is 14.4. The second kappa shape index (κ2) is 11.2. The number of nitrogens with zero attached hydrogens (tertiary/aromatic N) is 1. The number of amides is 2. The molecule has 1 atom stereocenters. The van der Waals surface area contributed by atoms with E-state index >= 15 is 0 Å². The number of halogens is 1. The Morgan fingerprint density at radius 1 is 1.13 bits per heavy atom. The second-order valence-electron chi connectivity index (χ2n) is 8.21. The van der Waals surface area contributed by atoms with Crippen molar-refractivity contribution in [2.75, 3.05) is 6.61 Å². The third kappa shape index (κ3) is 6.73. The zero-order valence-corrected chi connectivity index (χ0v) is 19.0. The highest BCUT2D eigenvalue weighted by Gasteiger charge is 2.28. The van der Waals surface area contributed by atoms with Gasteiger partial charge in [0.25, 0.3) is 5.91 Å². The Kier molecular flexibility index (Phi) is 8.35. The van der Waals surface area contributed by atoms with Gasteiger partial charge in [0.05, 0.1) is 0 Å². The summed E-state index contributed by atoms with van der Waals surface area (Å²) in [6.45, 7) is 3.98. The van der Waals surface area contributed by atoms with Crippen molar-refractivity contribution in [2.45, 2.75) is 64.6 Å². The second-order valence-corrected chi connectivity index (χ2v) is 8.65. The Morgan fingerprint density at radius 2 is 1.87 bits per heavy atom. The number of rotatable bonds is 8. The Morgan fingerprint density at radius 3 is 2.58 bits per heavy atom. The van der Waals surface area contributed by atoms with Crippen molar-refractivity contribution in [3.63, 3.8) is 0 Å². The van der Waals surface area contributed by atoms with Crippen molar-refractivity contribution in [3.8, 4) is 5.75 Å². The van der Waals surface area contributed by atoms with Crippen LogP contribution in [-0.4, -0.2) is 35.4 Å². The molecule has 6 heteroatoms. The Labute approximate surface area is 189 Å². The zero-order valence-electron chi connectivity index (χ0n) is 18.3. The van der Waals surface area contributed by atoms with E-state index in [9.17, 15) is 9.59 Å². The molecule has 0 spiro atoms. The molecule has 2 amide bonds. The number of nitrogens with one attached hydrogen (secondary N) is 1. The molecule has 1 aliphatic carbocycles. The highest BCUT2D eigenvalue weighted by molar-refractivity contribution is 6.30. The average molecular weight is 443 g/mol. The van der Waals surface area contributed by atoms with Gasteiger partial charge in [-0.15, -0.1) is 0 Å². The van der Waals surface area contributed by atoms with E-state index in [1.807, 2.05) is 31.2 Å². The first-order valence-corrected chi connectivity index (χ1v) is 11.3. The van der Waals surface area contributed by atoms with E-state index in [-0.39, 0.29) is 24.5 Å². The van der Waals surface area contributed by atoms with Crippen molar-refractivity contribution >= 4 is 23.4 Å². The molecule has 2 aromatic rings. The molecule has 0 unspecified atom stereocenters. The maximum atomic E-state index is 13.1. The van der Waals surface area contributed by atoms with Crippen molar-refractivity contribution in [3.05, 3.63) is 64.7 Å². The number of hydrogen-bond acceptors (Lipinski definition) is 3. The molecule has 0 heterocycles. The van der Waals surface area contributed by atoms with E-state index in [4.69, 9.17) is 16.3 Å². The first-order valence-electron chi connectivity index (χ1n) is 11.0. The maximum absolute atomic E-state index is 13.1. The molecular weight excluding hydrogens is 412 g/mol. The summed E-state index contributed by atoms with van der Waals surface area (Å²) < 4.78 is 5.67. The predicted octanol–water partition coefficient (Wildman–Crippen LogP) is 4.89. The lowest BCUT2D eigenvalue weighted by atomic mass is 9.95. The lowest BCUT2D eigenvalue weighted by Crippen LogP contribution is -2.51. The fourth-order valence-corrected chi connectivity index (χ4v) is 4.09. The van der Waals surface area contributed by atoms with Crippen molar-refractivity contribution in [1.82, 2.24) is 10.2 Å². The summed E-state index contributed by atoms with van der Waals surface area (Å²) in [7, 11) is 0. The van der Waals surface area contributed by atoms with Gasteiger partial charge >= 0.3 is 0 Å². The van der Waals surface area contributed by atoms with Gasteiger partial charge in [0, 0.05) is 17.6 Å². The van der Waals surface area contributed by atoms with Crippen molar-refractivity contribution < 1.29 is 14.3 Å². The molecule has 31 heavy (non-hydrogen) atoms. The van der Waals surface area contributed by atoms with E-state index in [1.165, 1.54) is 6.42 Å². The van der Waals surface area contributed by atoms with E-state index < -0.39 is 6.04 Å². The molecule has 1 fully saturated rings. The van der Waals surface area contributed by atoms with Gasteiger partial charge in [0.1, 0.15) is 11.8 Å². The number of benzene rings is 2. The summed E-state index contributed by atoms with van der Waals surface area (Å²) in [5, 5.41) is 3.69. The molecular formula is C25H31ClN2O3. The smallest absolute Gasteiger partial charge is 0.261 e. The largest absolute Gasteiger partial charge is 0.484 e. The van der Waals surface area contributed by atoms with Gasteiger partial charge in [-0.1, -0.05) is 61.2 Å². The lowest BCUT2D eigenvalue weighted by Gasteiger charge is -2.31. The molecule has 0 bridgehead atoms. The Bertz CT molecular complexity index is 896. The molecule has 2 aromatic carbocycles. The zero-order chi connectivity index (χ0) is 22.2. The standard InChI is InChI=1S/C25H31ClN2O3/c1-18-9-6-7-10-20(18)16-28(19(2)25(30)27-22-12-4-3-5-13-22)24(29)17-31-23-14-8-11-21(26)15-23/h6-11,14-15,19,22H,3-5,12-13,16-17H2,1-2H3,(H,27,30)/t19-/m1/s1. The minimum atomic E-state index is -0.600. The van der Waals surface area contributed by atoms with Gasteiger partial charge in [-0.05, 0) is 56.0 Å². The van der Waals surface area contributed by atoms with Gasteiger partial charge in [0.15, 0.2) is 6.61 Å². The van der Waals surface area contributed by atoms with Crippen LogP contribution in [0, 0.1) is 6.92 Å². The molecule has 0 radical (unpaired) electrons. The summed E-state index contributed by atoms with van der Waals surface area (Å²) >= 11 is 6.00. The molecule has 0 saturated heterocycles. The molecule has 1 N–H and O–H groups in total. The van der Waals surface area contributed by atoms with Crippen LogP contribution in [0.3, 0.4) is 0 Å². The van der Waals surface area contributed by atoms with Crippen LogP contribution in [0.1, 0.15) is 50.2 Å². The van der Waals surface area contributed by atoms with E-state index in [0.29, 0.717) is 17.3 Å². The van der Waals surface area contributed by atoms with Crippen LogP contribution < -0.4 is 10.1 Å². The normalized spacial score (nSPS) is 15.2. The van der Waals surface area contributed by atoms with Crippen LogP contribution in [0.25, 0.3) is 0 Å². The van der Waals surface area contributed by atoms with Gasteiger partial charge in [-0.25, -0.2) is 0 Å². The highest BCUT2D eigenvalue weighted by Crippen LogP contribution is 2.20. The van der Waals surface area contributed by atoms with Crippen LogP contribution in [0.5, 0.6) is 5.75 Å². The van der Waals surface area contributed by atoms with Crippen LogP contribution in [0.15, 0.2) is 48.5 Å². The summed E-state index contributed by atoms with van der Waals surface area (Å²) in [6.07, 6.45) is 5.50. The van der Waals surface area contributed by atoms with E-state index in [0.717, 1.165) is 36.8 Å². The maximum Gasteiger partial charge on any atom is 0.261 e. The summed E-state index contributed by atoms with van der Waals surface area (Å²) in [4.78, 5) is 27.7. The SMILES string of the molecule is Cc1ccccc1CN(C(=O)COc1cccc(Cl)c1)[C@H](C)C(=O)NC1CCCCC1. The Balaban J connectivity index is 1.72. The third-order valence-corrected chi connectivity index (χ3v) is 6.11. The topological polar surface area (TPSA) is 58.6 Å². The number of hydrogen-bond donors (Lipinski definition) is 1. The fourth-order valence-electron chi connectivity index (χ4n) is 3.91. The lowest BCUT2D eigenvalue weighted by molar-refractivity contribution is -0.142. The van der Waals surface area contributed by atoms with Crippen LogP contribution in [0.4, 0.5) is 0 Å². The van der Waals surface area contributed by atoms with Crippen molar-refractivity contribution in [2.24, 2.45) is 0 Å². The molecule has 0 aliphatic heterocycles. The fraction of sp³-hybridized carbons (Fsp3) is 0.440. The number of ether oxygens (including phenoxy) is 1. The van der Waals surface area contributed by atoms with E-state index in [2.05, 4.69) is 5.32 Å². The van der Waals surface area contributed by atoms with Crippen LogP contribution in [0.2, 0.25) is 5.02 Å². The summed E-state index contributed by atoms with van der Waals surface area (Å²) in [5.41, 5.74) is 2.09. The third-order valence-electron chi connectivity index (χ3n) is 5.88. The average Bonchev–Trinajstić information content (AvgIpc) is 2.77. The highest BCUT2D eigenvalue weighted by atomic mass is 35.5. The number of carbonyl (C=O) groups is 2.